The second-order valence-electron chi connectivity index (χ2n) is 7.16. The van der Waals surface area contributed by atoms with Gasteiger partial charge in [0.15, 0.2) is 11.6 Å². The summed E-state index contributed by atoms with van der Waals surface area (Å²) in [7, 11) is 3.89. The highest BCUT2D eigenvalue weighted by Crippen LogP contribution is 2.23. The van der Waals surface area contributed by atoms with Crippen LogP contribution in [0.5, 0.6) is 5.75 Å². The molecule has 2 heterocycles. The van der Waals surface area contributed by atoms with Crippen LogP contribution >= 0.6 is 0 Å². The van der Waals surface area contributed by atoms with Gasteiger partial charge in [0.1, 0.15) is 5.75 Å². The van der Waals surface area contributed by atoms with Crippen LogP contribution in [-0.2, 0) is 11.3 Å². The Hall–Kier alpha value is -2.83. The van der Waals surface area contributed by atoms with Crippen molar-refractivity contribution in [3.05, 3.63) is 42.0 Å². The normalized spacial score (nSPS) is 14.6. The Bertz CT molecular complexity index is 771. The van der Waals surface area contributed by atoms with E-state index in [0.29, 0.717) is 13.2 Å². The molecular formula is C21H29N5O2. The Balaban J connectivity index is 1.50. The van der Waals surface area contributed by atoms with E-state index in [4.69, 9.17) is 4.74 Å². The molecule has 0 atom stereocenters. The number of ether oxygens (including phenoxy) is 1. The number of carbonyl (C=O) groups excluding carboxylic acids is 1. The topological polar surface area (TPSA) is 70.6 Å². The summed E-state index contributed by atoms with van der Waals surface area (Å²) in [5, 5.41) is 11.6. The van der Waals surface area contributed by atoms with Crippen LogP contribution in [0.2, 0.25) is 0 Å². The van der Waals surface area contributed by atoms with Gasteiger partial charge in [-0.2, -0.15) is 0 Å². The number of hydrogen-bond donors (Lipinski definition) is 1. The maximum absolute atomic E-state index is 12.6. The number of nitrogens with one attached hydrogen (secondary N) is 1. The molecular weight excluding hydrogens is 354 g/mol. The van der Waals surface area contributed by atoms with Gasteiger partial charge in [-0.15, -0.1) is 10.2 Å². The van der Waals surface area contributed by atoms with Gasteiger partial charge >= 0.3 is 0 Å². The maximum atomic E-state index is 12.6. The van der Waals surface area contributed by atoms with Crippen molar-refractivity contribution in [1.82, 2.24) is 15.5 Å². The fourth-order valence-electron chi connectivity index (χ4n) is 3.37. The van der Waals surface area contributed by atoms with Gasteiger partial charge in [0.05, 0.1) is 6.61 Å². The predicted molar refractivity (Wildman–Crippen MR) is 111 cm³/mol. The van der Waals surface area contributed by atoms with E-state index >= 15 is 0 Å². The molecule has 2 aromatic rings. The molecule has 0 radical (unpaired) electrons. The van der Waals surface area contributed by atoms with E-state index in [1.54, 1.807) is 0 Å². The van der Waals surface area contributed by atoms with E-state index in [0.717, 1.165) is 48.9 Å². The van der Waals surface area contributed by atoms with Crippen LogP contribution in [0.3, 0.4) is 0 Å². The molecule has 7 heteroatoms. The predicted octanol–water partition coefficient (Wildman–Crippen LogP) is 2.47. The number of rotatable bonds is 7. The Morgan fingerprint density at radius 3 is 2.57 bits per heavy atom. The molecule has 0 spiro atoms. The highest BCUT2D eigenvalue weighted by Gasteiger charge is 2.25. The number of benzene rings is 1. The molecule has 3 rings (SSSR count). The second kappa shape index (κ2) is 9.39. The van der Waals surface area contributed by atoms with Crippen LogP contribution in [0.15, 0.2) is 36.4 Å². The largest absolute Gasteiger partial charge is 0.494 e. The van der Waals surface area contributed by atoms with Crippen LogP contribution in [-0.4, -0.2) is 49.9 Å². The number of amides is 1. The minimum absolute atomic E-state index is 0.0320. The minimum atomic E-state index is 0.0320. The van der Waals surface area contributed by atoms with Gasteiger partial charge < -0.3 is 19.9 Å². The van der Waals surface area contributed by atoms with Gasteiger partial charge in [0, 0.05) is 45.2 Å². The molecule has 1 aromatic carbocycles. The van der Waals surface area contributed by atoms with Gasteiger partial charge in [0.25, 0.3) is 0 Å². The number of piperidine rings is 1. The summed E-state index contributed by atoms with van der Waals surface area (Å²) < 4.78 is 5.63. The third-order valence-electron chi connectivity index (χ3n) is 5.01. The molecule has 1 fully saturated rings. The van der Waals surface area contributed by atoms with Crippen LogP contribution in [0.25, 0.3) is 0 Å². The fourth-order valence-corrected chi connectivity index (χ4v) is 3.37. The fraction of sp³-hybridized carbons (Fsp3) is 0.476. The minimum Gasteiger partial charge on any atom is -0.494 e. The zero-order valence-corrected chi connectivity index (χ0v) is 16.9. The van der Waals surface area contributed by atoms with Crippen molar-refractivity contribution in [3.63, 3.8) is 0 Å². The van der Waals surface area contributed by atoms with Gasteiger partial charge in [0.2, 0.25) is 5.91 Å². The Morgan fingerprint density at radius 1 is 1.18 bits per heavy atom. The van der Waals surface area contributed by atoms with Crippen molar-refractivity contribution in [2.24, 2.45) is 5.92 Å². The first-order valence-electron chi connectivity index (χ1n) is 9.83. The summed E-state index contributed by atoms with van der Waals surface area (Å²) in [6, 6.07) is 11.8. The Labute approximate surface area is 166 Å². The number of hydrogen-bond acceptors (Lipinski definition) is 6. The molecule has 1 aliphatic heterocycles. The van der Waals surface area contributed by atoms with E-state index in [1.165, 1.54) is 0 Å². The SMILES string of the molecule is CCOc1ccccc1CNC(=O)C1CCN(c2ccc(N(C)C)nn2)CC1. The standard InChI is InChI=1S/C21H29N5O2/c1-4-28-18-8-6-5-7-17(18)15-22-21(27)16-11-13-26(14-12-16)20-10-9-19(23-24-20)25(2)3/h5-10,16H,4,11-15H2,1-3H3,(H,22,27). The second-order valence-corrected chi connectivity index (χ2v) is 7.16. The summed E-state index contributed by atoms with van der Waals surface area (Å²) in [4.78, 5) is 16.7. The monoisotopic (exact) mass is 383 g/mol. The number of para-hydroxylation sites is 1. The van der Waals surface area contributed by atoms with Crippen molar-refractivity contribution >= 4 is 17.5 Å². The maximum Gasteiger partial charge on any atom is 0.223 e. The first-order valence-corrected chi connectivity index (χ1v) is 9.83. The lowest BCUT2D eigenvalue weighted by atomic mass is 9.96. The molecule has 1 N–H and O–H groups in total. The lowest BCUT2D eigenvalue weighted by Gasteiger charge is -2.32. The zero-order chi connectivity index (χ0) is 19.9. The lowest BCUT2D eigenvalue weighted by molar-refractivity contribution is -0.125. The zero-order valence-electron chi connectivity index (χ0n) is 16.9. The summed E-state index contributed by atoms with van der Waals surface area (Å²) >= 11 is 0. The number of anilines is 2. The molecule has 1 amide bonds. The first-order chi connectivity index (χ1) is 13.6. The molecule has 28 heavy (non-hydrogen) atoms. The third-order valence-corrected chi connectivity index (χ3v) is 5.01. The first kappa shape index (κ1) is 19.9. The Morgan fingerprint density at radius 2 is 1.93 bits per heavy atom. The average molecular weight is 383 g/mol. The summed E-state index contributed by atoms with van der Waals surface area (Å²) in [5.41, 5.74) is 1.01. The quantitative estimate of drug-likeness (QED) is 0.792. The number of nitrogens with zero attached hydrogens (tertiary/aromatic N) is 4. The molecule has 7 nitrogen and oxygen atoms in total. The van der Waals surface area contributed by atoms with Gasteiger partial charge in [-0.1, -0.05) is 18.2 Å². The van der Waals surface area contributed by atoms with Gasteiger partial charge in [-0.25, -0.2) is 0 Å². The molecule has 0 saturated carbocycles. The Kier molecular flexibility index (Phi) is 6.68. The van der Waals surface area contributed by atoms with Crippen molar-refractivity contribution in [1.29, 1.82) is 0 Å². The van der Waals surface area contributed by atoms with E-state index in [-0.39, 0.29) is 11.8 Å². The molecule has 1 aromatic heterocycles. The van der Waals surface area contributed by atoms with E-state index in [2.05, 4.69) is 20.4 Å². The third kappa shape index (κ3) is 4.91. The molecule has 1 saturated heterocycles. The number of aromatic nitrogens is 2. The summed E-state index contributed by atoms with van der Waals surface area (Å²) in [6.45, 7) is 4.68. The van der Waals surface area contributed by atoms with Gasteiger partial charge in [-0.3, -0.25) is 4.79 Å². The summed E-state index contributed by atoms with van der Waals surface area (Å²) in [5.74, 6) is 2.69. The molecule has 0 unspecified atom stereocenters. The van der Waals surface area contributed by atoms with Crippen LogP contribution in [0.4, 0.5) is 11.6 Å². The summed E-state index contributed by atoms with van der Waals surface area (Å²) in [6.07, 6.45) is 1.63. The smallest absolute Gasteiger partial charge is 0.223 e. The van der Waals surface area contributed by atoms with Crippen molar-refractivity contribution < 1.29 is 9.53 Å². The average Bonchev–Trinajstić information content (AvgIpc) is 2.73. The highest BCUT2D eigenvalue weighted by atomic mass is 16.5. The van der Waals surface area contributed by atoms with Crippen molar-refractivity contribution in [2.45, 2.75) is 26.3 Å². The molecule has 1 aliphatic rings. The van der Waals surface area contributed by atoms with E-state index in [9.17, 15) is 4.79 Å². The van der Waals surface area contributed by atoms with Crippen LogP contribution in [0, 0.1) is 5.92 Å². The van der Waals surface area contributed by atoms with E-state index < -0.39 is 0 Å². The highest BCUT2D eigenvalue weighted by molar-refractivity contribution is 5.79. The van der Waals surface area contributed by atoms with Crippen LogP contribution in [0.1, 0.15) is 25.3 Å². The number of carbonyl (C=O) groups is 1. The lowest BCUT2D eigenvalue weighted by Crippen LogP contribution is -2.40. The molecule has 150 valence electrons. The van der Waals surface area contributed by atoms with Crippen LogP contribution < -0.4 is 19.9 Å². The van der Waals surface area contributed by atoms with Crippen molar-refractivity contribution in [3.8, 4) is 5.75 Å². The van der Waals surface area contributed by atoms with Gasteiger partial charge in [-0.05, 0) is 38.0 Å². The molecule has 0 aliphatic carbocycles. The van der Waals surface area contributed by atoms with Crippen molar-refractivity contribution in [2.75, 3.05) is 43.6 Å². The van der Waals surface area contributed by atoms with E-state index in [1.807, 2.05) is 62.3 Å². The molecule has 0 bridgehead atoms.